The lowest BCUT2D eigenvalue weighted by Gasteiger charge is -2.15. The maximum absolute atomic E-state index is 10.7. The van der Waals surface area contributed by atoms with Gasteiger partial charge in [-0.15, -0.1) is 0 Å². The Bertz CT molecular complexity index is 510. The van der Waals surface area contributed by atoms with Gasteiger partial charge in [0.1, 0.15) is 5.75 Å². The van der Waals surface area contributed by atoms with Crippen LogP contribution in [0.3, 0.4) is 0 Å². The molecule has 0 aliphatic carbocycles. The molecule has 0 unspecified atom stereocenters. The summed E-state index contributed by atoms with van der Waals surface area (Å²) >= 11 is 12.2. The first-order valence-electron chi connectivity index (χ1n) is 6.52. The Morgan fingerprint density at radius 3 is 2.60 bits per heavy atom. The highest BCUT2D eigenvalue weighted by molar-refractivity contribution is 6.36. The average Bonchev–Trinajstić information content (AvgIpc) is 2.38. The summed E-state index contributed by atoms with van der Waals surface area (Å²) in [5, 5.41) is 9.74. The summed E-state index contributed by atoms with van der Waals surface area (Å²) in [5.41, 5.74) is 1.63. The quantitative estimate of drug-likeness (QED) is 0.765. The second kappa shape index (κ2) is 8.18. The molecule has 1 aromatic carbocycles. The van der Waals surface area contributed by atoms with Crippen LogP contribution in [0.15, 0.2) is 18.2 Å². The minimum Gasteiger partial charge on any atom is -0.491 e. The number of rotatable bonds is 7. The molecule has 0 atom stereocenters. The molecule has 3 nitrogen and oxygen atoms in total. The van der Waals surface area contributed by atoms with E-state index < -0.39 is 5.97 Å². The molecule has 0 amide bonds. The Kier molecular flexibility index (Phi) is 6.89. The minimum atomic E-state index is -0.875. The van der Waals surface area contributed by atoms with Crippen LogP contribution in [0.4, 0.5) is 0 Å². The molecule has 0 aromatic heterocycles. The van der Waals surface area contributed by atoms with Gasteiger partial charge in [-0.1, -0.05) is 43.1 Å². The third-order valence-electron chi connectivity index (χ3n) is 2.71. The van der Waals surface area contributed by atoms with E-state index in [-0.39, 0.29) is 6.42 Å². The van der Waals surface area contributed by atoms with Gasteiger partial charge in [-0.2, -0.15) is 0 Å². The van der Waals surface area contributed by atoms with Crippen molar-refractivity contribution in [3.05, 3.63) is 33.8 Å². The fraction of sp³-hybridized carbons (Fsp3) is 0.400. The highest BCUT2D eigenvalue weighted by atomic mass is 35.5. The highest BCUT2D eigenvalue weighted by Crippen LogP contribution is 2.37. The average molecular weight is 317 g/mol. The fourth-order valence-electron chi connectivity index (χ4n) is 1.80. The SMILES string of the molecule is CCCOc1c(Cl)cc(Cl)cc1/C(=C/CC(=O)O)CC. The van der Waals surface area contributed by atoms with E-state index in [2.05, 4.69) is 0 Å². The Morgan fingerprint density at radius 1 is 1.35 bits per heavy atom. The summed E-state index contributed by atoms with van der Waals surface area (Å²) in [6.45, 7) is 4.50. The molecule has 0 saturated heterocycles. The molecule has 0 fully saturated rings. The Labute approximate surface area is 129 Å². The molecular formula is C15H18Cl2O3. The number of halogens is 2. The number of hydrogen-bond acceptors (Lipinski definition) is 2. The number of benzene rings is 1. The lowest BCUT2D eigenvalue weighted by molar-refractivity contribution is -0.135. The van der Waals surface area contributed by atoms with Crippen LogP contribution >= 0.6 is 23.2 Å². The lowest BCUT2D eigenvalue weighted by atomic mass is 10.0. The van der Waals surface area contributed by atoms with Crippen LogP contribution < -0.4 is 4.74 Å². The van der Waals surface area contributed by atoms with Gasteiger partial charge < -0.3 is 9.84 Å². The Hall–Kier alpha value is -1.19. The van der Waals surface area contributed by atoms with Gasteiger partial charge in [0.25, 0.3) is 0 Å². The topological polar surface area (TPSA) is 46.5 Å². The van der Waals surface area contributed by atoms with E-state index in [1.165, 1.54) is 0 Å². The van der Waals surface area contributed by atoms with Crippen LogP contribution in [0.1, 0.15) is 38.7 Å². The predicted molar refractivity (Wildman–Crippen MR) is 82.8 cm³/mol. The van der Waals surface area contributed by atoms with Crippen molar-refractivity contribution in [1.29, 1.82) is 0 Å². The largest absolute Gasteiger partial charge is 0.491 e. The zero-order chi connectivity index (χ0) is 15.1. The molecule has 1 rings (SSSR count). The summed E-state index contributed by atoms with van der Waals surface area (Å²) in [4.78, 5) is 10.7. The lowest BCUT2D eigenvalue weighted by Crippen LogP contribution is -2.00. The monoisotopic (exact) mass is 316 g/mol. The number of carbonyl (C=O) groups is 1. The number of ether oxygens (including phenoxy) is 1. The first kappa shape index (κ1) is 16.9. The van der Waals surface area contributed by atoms with Gasteiger partial charge in [0.05, 0.1) is 18.1 Å². The van der Waals surface area contributed by atoms with Gasteiger partial charge in [0.2, 0.25) is 0 Å². The van der Waals surface area contributed by atoms with Crippen LogP contribution in [0, 0.1) is 0 Å². The number of carboxylic acid groups (broad SMARTS) is 1. The molecule has 0 saturated carbocycles. The molecule has 0 spiro atoms. The molecule has 0 heterocycles. The van der Waals surface area contributed by atoms with Crippen molar-refractivity contribution in [2.75, 3.05) is 6.61 Å². The van der Waals surface area contributed by atoms with Crippen molar-refractivity contribution in [1.82, 2.24) is 0 Å². The first-order valence-corrected chi connectivity index (χ1v) is 7.28. The van der Waals surface area contributed by atoms with Gasteiger partial charge in [-0.25, -0.2) is 0 Å². The summed E-state index contributed by atoms with van der Waals surface area (Å²) in [7, 11) is 0. The number of hydrogen-bond donors (Lipinski definition) is 1. The van der Waals surface area contributed by atoms with Gasteiger partial charge in [-0.3, -0.25) is 4.79 Å². The van der Waals surface area contributed by atoms with Crippen molar-refractivity contribution >= 4 is 34.7 Å². The van der Waals surface area contributed by atoms with E-state index in [9.17, 15) is 4.79 Å². The molecular weight excluding hydrogens is 299 g/mol. The summed E-state index contributed by atoms with van der Waals surface area (Å²) in [5.74, 6) is -0.309. The maximum atomic E-state index is 10.7. The van der Waals surface area contributed by atoms with Gasteiger partial charge >= 0.3 is 5.97 Å². The number of aliphatic carboxylic acids is 1. The Balaban J connectivity index is 3.24. The molecule has 0 aliphatic heterocycles. The van der Waals surface area contributed by atoms with Crippen molar-refractivity contribution < 1.29 is 14.6 Å². The summed E-state index contributed by atoms with van der Waals surface area (Å²) < 4.78 is 5.68. The van der Waals surface area contributed by atoms with Crippen LogP contribution in [-0.4, -0.2) is 17.7 Å². The van der Waals surface area contributed by atoms with Crippen LogP contribution in [0.2, 0.25) is 10.0 Å². The maximum Gasteiger partial charge on any atom is 0.307 e. The molecule has 1 N–H and O–H groups in total. The van der Waals surface area contributed by atoms with E-state index in [0.717, 1.165) is 17.6 Å². The van der Waals surface area contributed by atoms with Gasteiger partial charge in [-0.05, 0) is 30.5 Å². The van der Waals surface area contributed by atoms with Crippen LogP contribution in [0.25, 0.3) is 5.57 Å². The third kappa shape index (κ3) is 4.73. The van der Waals surface area contributed by atoms with Crippen molar-refractivity contribution in [2.45, 2.75) is 33.1 Å². The standard InChI is InChI=1S/C15H18Cl2O3/c1-3-7-20-15-12(8-11(16)9-13(15)17)10(4-2)5-6-14(18)19/h5,8-9H,3-4,6-7H2,1-2H3,(H,18,19)/b10-5+. The van der Waals surface area contributed by atoms with Crippen molar-refractivity contribution in [3.8, 4) is 5.75 Å². The molecule has 5 heteroatoms. The molecule has 0 radical (unpaired) electrons. The fourth-order valence-corrected chi connectivity index (χ4v) is 2.35. The van der Waals surface area contributed by atoms with Crippen molar-refractivity contribution in [2.24, 2.45) is 0 Å². The number of allylic oxidation sites excluding steroid dienone is 1. The third-order valence-corrected chi connectivity index (χ3v) is 3.21. The van der Waals surface area contributed by atoms with E-state index in [0.29, 0.717) is 28.8 Å². The zero-order valence-electron chi connectivity index (χ0n) is 11.6. The molecule has 1 aromatic rings. The van der Waals surface area contributed by atoms with Crippen molar-refractivity contribution in [3.63, 3.8) is 0 Å². The number of carboxylic acids is 1. The normalized spacial score (nSPS) is 11.5. The summed E-state index contributed by atoms with van der Waals surface area (Å²) in [6, 6.07) is 3.39. The Morgan fingerprint density at radius 2 is 2.05 bits per heavy atom. The summed E-state index contributed by atoms with van der Waals surface area (Å²) in [6.07, 6.45) is 3.16. The van der Waals surface area contributed by atoms with Crippen LogP contribution in [-0.2, 0) is 4.79 Å². The zero-order valence-corrected chi connectivity index (χ0v) is 13.1. The molecule has 20 heavy (non-hydrogen) atoms. The van der Waals surface area contributed by atoms with E-state index >= 15 is 0 Å². The van der Waals surface area contributed by atoms with E-state index in [1.807, 2.05) is 13.8 Å². The second-order valence-electron chi connectivity index (χ2n) is 4.29. The van der Waals surface area contributed by atoms with Gasteiger partial charge in [0, 0.05) is 10.6 Å². The molecule has 0 bridgehead atoms. The smallest absolute Gasteiger partial charge is 0.307 e. The van der Waals surface area contributed by atoms with Gasteiger partial charge in [0.15, 0.2) is 0 Å². The van der Waals surface area contributed by atoms with E-state index in [4.69, 9.17) is 33.0 Å². The predicted octanol–water partition coefficient (Wildman–Crippen LogP) is 5.05. The highest BCUT2D eigenvalue weighted by Gasteiger charge is 2.14. The molecule has 110 valence electrons. The molecule has 0 aliphatic rings. The van der Waals surface area contributed by atoms with E-state index in [1.54, 1.807) is 18.2 Å². The first-order chi connectivity index (χ1) is 9.49. The van der Waals surface area contributed by atoms with Crippen LogP contribution in [0.5, 0.6) is 5.75 Å². The second-order valence-corrected chi connectivity index (χ2v) is 5.14. The minimum absolute atomic E-state index is 0.0411.